The fraction of sp³-hybridized carbons (Fsp3) is 0.600. The van der Waals surface area contributed by atoms with E-state index in [4.69, 9.17) is 0 Å². The van der Waals surface area contributed by atoms with Gasteiger partial charge in [0.15, 0.2) is 0 Å². The SMILES string of the molecule is CCCS(=O)(=O)Oc1csnn1.[H-].[Na+]. The average Bonchev–Trinajstić information content (AvgIpc) is 2.38. The second-order valence-corrected chi connectivity index (χ2v) is 4.39. The smallest absolute Gasteiger partial charge is 1.00 e. The van der Waals surface area contributed by atoms with Gasteiger partial charge >= 0.3 is 39.7 Å². The number of hydrogen-bond donors (Lipinski definition) is 0. The van der Waals surface area contributed by atoms with Crippen molar-refractivity contribution < 1.29 is 43.6 Å². The second kappa shape index (κ2) is 5.92. The summed E-state index contributed by atoms with van der Waals surface area (Å²) in [4.78, 5) is 0. The topological polar surface area (TPSA) is 69.2 Å². The van der Waals surface area contributed by atoms with E-state index < -0.39 is 10.1 Å². The monoisotopic (exact) mass is 232 g/mol. The van der Waals surface area contributed by atoms with Gasteiger partial charge in [-0.1, -0.05) is 16.5 Å². The third-order valence-corrected chi connectivity index (χ3v) is 2.82. The van der Waals surface area contributed by atoms with Gasteiger partial charge in [-0.15, -0.1) is 0 Å². The molecule has 0 fully saturated rings. The van der Waals surface area contributed by atoms with Crippen LogP contribution < -0.4 is 33.7 Å². The van der Waals surface area contributed by atoms with Gasteiger partial charge < -0.3 is 5.61 Å². The van der Waals surface area contributed by atoms with Crippen LogP contribution in [0.25, 0.3) is 0 Å². The molecular formula is C5H9N2NaO3S2. The zero-order valence-corrected chi connectivity index (χ0v) is 11.1. The van der Waals surface area contributed by atoms with E-state index in [1.165, 1.54) is 5.38 Å². The molecule has 0 aliphatic rings. The Morgan fingerprint density at radius 3 is 2.85 bits per heavy atom. The standard InChI is InChI=1S/C5H8N2O3S2.Na.H/c1-2-3-12(8,9)10-5-4-11-7-6-5;;/h4H,2-3H2,1H3;;/q;+1;-1. The summed E-state index contributed by atoms with van der Waals surface area (Å²) >= 11 is 1.05. The number of aromatic nitrogens is 2. The maximum Gasteiger partial charge on any atom is 1.00 e. The minimum atomic E-state index is -3.45. The molecule has 5 nitrogen and oxygen atoms in total. The summed E-state index contributed by atoms with van der Waals surface area (Å²) < 4.78 is 30.1. The molecule has 13 heavy (non-hydrogen) atoms. The van der Waals surface area contributed by atoms with E-state index in [1.54, 1.807) is 6.92 Å². The molecule has 0 saturated heterocycles. The van der Waals surface area contributed by atoms with Gasteiger partial charge in [-0.05, 0) is 18.0 Å². The third-order valence-electron chi connectivity index (χ3n) is 1.01. The third kappa shape index (κ3) is 4.92. The summed E-state index contributed by atoms with van der Waals surface area (Å²) in [7, 11) is -3.45. The Kier molecular flexibility index (Phi) is 6.06. The number of nitrogens with zero attached hydrogens (tertiary/aromatic N) is 2. The van der Waals surface area contributed by atoms with Gasteiger partial charge in [0.25, 0.3) is 5.88 Å². The van der Waals surface area contributed by atoms with Crippen LogP contribution in [0.4, 0.5) is 0 Å². The van der Waals surface area contributed by atoms with Crippen molar-refractivity contribution in [2.75, 3.05) is 5.75 Å². The molecule has 0 bridgehead atoms. The summed E-state index contributed by atoms with van der Waals surface area (Å²) in [6, 6.07) is 0. The fourth-order valence-electron chi connectivity index (χ4n) is 0.614. The summed E-state index contributed by atoms with van der Waals surface area (Å²) in [5.41, 5.74) is 0. The number of hydrogen-bond acceptors (Lipinski definition) is 6. The van der Waals surface area contributed by atoms with Crippen molar-refractivity contribution in [2.45, 2.75) is 13.3 Å². The second-order valence-electron chi connectivity index (χ2n) is 2.09. The summed E-state index contributed by atoms with van der Waals surface area (Å²) in [5, 5.41) is 4.89. The summed E-state index contributed by atoms with van der Waals surface area (Å²) in [6.07, 6.45) is 0.528. The van der Waals surface area contributed by atoms with Crippen LogP contribution in [0.3, 0.4) is 0 Å². The molecule has 0 atom stereocenters. The number of rotatable bonds is 4. The Morgan fingerprint density at radius 2 is 2.38 bits per heavy atom. The Balaban J connectivity index is 0. The van der Waals surface area contributed by atoms with E-state index in [0.29, 0.717) is 6.42 Å². The van der Waals surface area contributed by atoms with Gasteiger partial charge in [-0.3, -0.25) is 0 Å². The predicted molar refractivity (Wildman–Crippen MR) is 45.7 cm³/mol. The van der Waals surface area contributed by atoms with Crippen molar-refractivity contribution in [3.8, 4) is 5.88 Å². The molecular weight excluding hydrogens is 223 g/mol. The Hall–Kier alpha value is 0.310. The van der Waals surface area contributed by atoms with E-state index in [0.717, 1.165) is 11.5 Å². The van der Waals surface area contributed by atoms with Gasteiger partial charge in [-0.2, -0.15) is 8.42 Å². The predicted octanol–water partition coefficient (Wildman–Crippen LogP) is -2.23. The first kappa shape index (κ1) is 13.3. The molecule has 1 aromatic rings. The van der Waals surface area contributed by atoms with Crippen LogP contribution in [0.1, 0.15) is 14.8 Å². The zero-order valence-electron chi connectivity index (χ0n) is 8.43. The maximum atomic E-state index is 11.0. The van der Waals surface area contributed by atoms with Crippen molar-refractivity contribution in [1.82, 2.24) is 9.59 Å². The molecule has 1 heterocycles. The molecule has 0 amide bonds. The van der Waals surface area contributed by atoms with Crippen LogP contribution in [-0.2, 0) is 10.1 Å². The molecule has 0 aliphatic carbocycles. The molecule has 1 aromatic heterocycles. The molecule has 0 unspecified atom stereocenters. The normalized spacial score (nSPS) is 10.5. The Morgan fingerprint density at radius 1 is 1.69 bits per heavy atom. The van der Waals surface area contributed by atoms with E-state index >= 15 is 0 Å². The van der Waals surface area contributed by atoms with Gasteiger partial charge in [0.05, 0.1) is 11.1 Å². The molecule has 0 saturated carbocycles. The molecule has 1 rings (SSSR count). The van der Waals surface area contributed by atoms with Gasteiger partial charge in [-0.25, -0.2) is 0 Å². The molecule has 0 spiro atoms. The van der Waals surface area contributed by atoms with Crippen LogP contribution in [0.5, 0.6) is 5.88 Å². The molecule has 0 radical (unpaired) electrons. The van der Waals surface area contributed by atoms with Gasteiger partial charge in [0, 0.05) is 0 Å². The first-order valence-corrected chi connectivity index (χ1v) is 5.74. The van der Waals surface area contributed by atoms with Crippen molar-refractivity contribution in [3.63, 3.8) is 0 Å². The van der Waals surface area contributed by atoms with Crippen LogP contribution in [0.15, 0.2) is 5.38 Å². The first-order valence-electron chi connectivity index (χ1n) is 3.33. The average molecular weight is 232 g/mol. The van der Waals surface area contributed by atoms with Crippen molar-refractivity contribution in [1.29, 1.82) is 0 Å². The van der Waals surface area contributed by atoms with Crippen LogP contribution in [-0.4, -0.2) is 23.8 Å². The van der Waals surface area contributed by atoms with E-state index in [2.05, 4.69) is 13.8 Å². The Bertz CT molecular complexity index is 329. The van der Waals surface area contributed by atoms with Gasteiger partial charge in [0.2, 0.25) is 0 Å². The Labute approximate surface area is 105 Å². The van der Waals surface area contributed by atoms with E-state index in [1.807, 2.05) is 0 Å². The van der Waals surface area contributed by atoms with Gasteiger partial charge in [0.1, 0.15) is 0 Å². The minimum absolute atomic E-state index is 0. The minimum Gasteiger partial charge on any atom is -1.00 e. The van der Waals surface area contributed by atoms with Crippen molar-refractivity contribution in [2.24, 2.45) is 0 Å². The quantitative estimate of drug-likeness (QED) is 0.434. The molecule has 70 valence electrons. The summed E-state index contributed by atoms with van der Waals surface area (Å²) in [6.45, 7) is 1.76. The molecule has 0 aliphatic heterocycles. The molecule has 0 aromatic carbocycles. The maximum absolute atomic E-state index is 11.0. The molecule has 8 heteroatoms. The van der Waals surface area contributed by atoms with Crippen LogP contribution in [0, 0.1) is 0 Å². The zero-order chi connectivity index (χ0) is 9.03. The van der Waals surface area contributed by atoms with Crippen LogP contribution in [0.2, 0.25) is 0 Å². The molecule has 0 N–H and O–H groups in total. The van der Waals surface area contributed by atoms with Crippen LogP contribution >= 0.6 is 11.5 Å². The van der Waals surface area contributed by atoms with E-state index in [9.17, 15) is 8.42 Å². The first-order chi connectivity index (χ1) is 5.64. The summed E-state index contributed by atoms with van der Waals surface area (Å²) in [5.74, 6) is 0.0540. The van der Waals surface area contributed by atoms with Crippen molar-refractivity contribution >= 4 is 21.7 Å². The fourth-order valence-corrected chi connectivity index (χ4v) is 1.96. The van der Waals surface area contributed by atoms with E-state index in [-0.39, 0.29) is 42.6 Å². The van der Waals surface area contributed by atoms with Crippen molar-refractivity contribution in [3.05, 3.63) is 5.38 Å². The largest absolute Gasteiger partial charge is 1.00 e.